The SMILES string of the molecule is Cc1onc(-c2ccccc2Cl)c1C(=O)N(CCN1CCOCC1)c1nc2c(F)cccc2s1.Cl. The maximum Gasteiger partial charge on any atom is 0.266 e. The van der Waals surface area contributed by atoms with Crippen molar-refractivity contribution >= 4 is 56.6 Å². The highest BCUT2D eigenvalue weighted by atomic mass is 35.5. The first kappa shape index (κ1) is 25.5. The van der Waals surface area contributed by atoms with E-state index in [1.165, 1.54) is 17.4 Å². The number of benzene rings is 2. The quantitative estimate of drug-likeness (QED) is 0.326. The second-order valence-electron chi connectivity index (χ2n) is 7.94. The van der Waals surface area contributed by atoms with Gasteiger partial charge < -0.3 is 9.26 Å². The van der Waals surface area contributed by atoms with Gasteiger partial charge in [-0.3, -0.25) is 14.6 Å². The van der Waals surface area contributed by atoms with Crippen molar-refractivity contribution in [1.82, 2.24) is 15.0 Å². The van der Waals surface area contributed by atoms with Gasteiger partial charge in [-0.15, -0.1) is 12.4 Å². The number of thiazole rings is 1. The largest absolute Gasteiger partial charge is 0.379 e. The van der Waals surface area contributed by atoms with Crippen molar-refractivity contribution in [3.63, 3.8) is 0 Å². The first-order chi connectivity index (χ1) is 16.5. The van der Waals surface area contributed by atoms with Gasteiger partial charge in [0, 0.05) is 31.7 Å². The van der Waals surface area contributed by atoms with E-state index in [0.717, 1.165) is 13.1 Å². The molecule has 1 aliphatic heterocycles. The van der Waals surface area contributed by atoms with Crippen LogP contribution in [0.3, 0.4) is 0 Å². The molecule has 1 fully saturated rings. The molecule has 7 nitrogen and oxygen atoms in total. The third kappa shape index (κ3) is 5.19. The lowest BCUT2D eigenvalue weighted by Crippen LogP contribution is -2.43. The summed E-state index contributed by atoms with van der Waals surface area (Å²) in [7, 11) is 0. The van der Waals surface area contributed by atoms with Crippen molar-refractivity contribution in [2.75, 3.05) is 44.3 Å². The van der Waals surface area contributed by atoms with Crippen LogP contribution in [0.1, 0.15) is 16.1 Å². The Labute approximate surface area is 216 Å². The first-order valence-corrected chi connectivity index (χ1v) is 12.1. The number of carbonyl (C=O) groups is 1. The predicted molar refractivity (Wildman–Crippen MR) is 137 cm³/mol. The standard InChI is InChI=1S/C24H22ClFN4O3S.ClH/c1-15-20(21(28-33-15)16-5-2-3-6-17(16)25)23(31)30(10-9-29-11-13-32-14-12-29)24-27-22-18(26)7-4-8-19(22)34-24;/h2-8H,9-14H2,1H3;1H. The Morgan fingerprint density at radius 2 is 1.97 bits per heavy atom. The van der Waals surface area contributed by atoms with Crippen LogP contribution in [0.25, 0.3) is 21.5 Å². The summed E-state index contributed by atoms with van der Waals surface area (Å²) in [4.78, 5) is 22.3. The number of para-hydroxylation sites is 1. The van der Waals surface area contributed by atoms with E-state index in [9.17, 15) is 9.18 Å². The van der Waals surface area contributed by atoms with Crippen LogP contribution in [0.5, 0.6) is 0 Å². The summed E-state index contributed by atoms with van der Waals surface area (Å²) in [6, 6.07) is 12.0. The van der Waals surface area contributed by atoms with E-state index in [1.54, 1.807) is 36.1 Å². The van der Waals surface area contributed by atoms with Gasteiger partial charge in [0.1, 0.15) is 28.4 Å². The summed E-state index contributed by atoms with van der Waals surface area (Å²) in [5.41, 5.74) is 1.54. The number of morpholine rings is 1. The normalized spacial score (nSPS) is 14.1. The molecule has 3 heterocycles. The number of carbonyl (C=O) groups excluding carboxylic acids is 1. The summed E-state index contributed by atoms with van der Waals surface area (Å²) >= 11 is 7.67. The minimum absolute atomic E-state index is 0. The molecule has 2 aromatic heterocycles. The van der Waals surface area contributed by atoms with Gasteiger partial charge in [-0.25, -0.2) is 9.37 Å². The molecule has 2 aromatic carbocycles. The Morgan fingerprint density at radius 3 is 2.71 bits per heavy atom. The Hall–Kier alpha value is -2.56. The van der Waals surface area contributed by atoms with Crippen molar-refractivity contribution in [1.29, 1.82) is 0 Å². The summed E-state index contributed by atoms with van der Waals surface area (Å²) < 4.78 is 25.9. The molecular formula is C24H23Cl2FN4O3S. The minimum atomic E-state index is -0.418. The van der Waals surface area contributed by atoms with Crippen LogP contribution < -0.4 is 4.90 Å². The number of anilines is 1. The smallest absolute Gasteiger partial charge is 0.266 e. The maximum atomic E-state index is 14.4. The van der Waals surface area contributed by atoms with Gasteiger partial charge in [-0.2, -0.15) is 0 Å². The molecule has 5 rings (SSSR count). The zero-order valence-corrected chi connectivity index (χ0v) is 21.3. The molecule has 184 valence electrons. The number of aromatic nitrogens is 2. The highest BCUT2D eigenvalue weighted by Crippen LogP contribution is 2.35. The van der Waals surface area contributed by atoms with Gasteiger partial charge in [-0.1, -0.05) is 52.4 Å². The summed E-state index contributed by atoms with van der Waals surface area (Å²) in [5.74, 6) is -0.358. The average Bonchev–Trinajstić information content (AvgIpc) is 3.44. The maximum absolute atomic E-state index is 14.4. The second kappa shape index (κ2) is 11.0. The van der Waals surface area contributed by atoms with Crippen LogP contribution in [-0.4, -0.2) is 60.3 Å². The molecule has 0 spiro atoms. The molecule has 1 saturated heterocycles. The highest BCUT2D eigenvalue weighted by molar-refractivity contribution is 7.22. The van der Waals surface area contributed by atoms with E-state index in [1.807, 2.05) is 12.1 Å². The Bertz CT molecular complexity index is 1340. The van der Waals surface area contributed by atoms with E-state index in [0.29, 0.717) is 63.7 Å². The van der Waals surface area contributed by atoms with Gasteiger partial charge in [0.2, 0.25) is 0 Å². The molecule has 0 N–H and O–H groups in total. The molecule has 0 bridgehead atoms. The lowest BCUT2D eigenvalue weighted by molar-refractivity contribution is 0.0391. The molecule has 1 amide bonds. The number of fused-ring (bicyclic) bond motifs is 1. The summed E-state index contributed by atoms with van der Waals surface area (Å²) in [6.45, 7) is 5.57. The summed E-state index contributed by atoms with van der Waals surface area (Å²) in [6.07, 6.45) is 0. The van der Waals surface area contributed by atoms with Gasteiger partial charge >= 0.3 is 0 Å². The number of hydrogen-bond acceptors (Lipinski definition) is 7. The Balaban J connectivity index is 0.00000289. The molecule has 0 saturated carbocycles. The van der Waals surface area contributed by atoms with Crippen molar-refractivity contribution < 1.29 is 18.4 Å². The van der Waals surface area contributed by atoms with Crippen LogP contribution in [0.2, 0.25) is 5.02 Å². The van der Waals surface area contributed by atoms with Crippen LogP contribution >= 0.6 is 35.3 Å². The van der Waals surface area contributed by atoms with Gasteiger partial charge in [0.25, 0.3) is 5.91 Å². The zero-order chi connectivity index (χ0) is 23.7. The number of ether oxygens (including phenoxy) is 1. The summed E-state index contributed by atoms with van der Waals surface area (Å²) in [5, 5.41) is 5.02. The van der Waals surface area contributed by atoms with Gasteiger partial charge in [0.05, 0.1) is 22.9 Å². The van der Waals surface area contributed by atoms with Crippen LogP contribution in [0.4, 0.5) is 9.52 Å². The third-order valence-corrected chi connectivity index (χ3v) is 7.16. The average molecular weight is 537 g/mol. The van der Waals surface area contributed by atoms with Crippen LogP contribution in [-0.2, 0) is 4.74 Å². The molecule has 0 unspecified atom stereocenters. The molecular weight excluding hydrogens is 514 g/mol. The van der Waals surface area contributed by atoms with Crippen LogP contribution in [0, 0.1) is 12.7 Å². The van der Waals surface area contributed by atoms with Crippen molar-refractivity contribution in [2.24, 2.45) is 0 Å². The Morgan fingerprint density at radius 1 is 1.20 bits per heavy atom. The molecule has 0 aliphatic carbocycles. The number of nitrogens with zero attached hydrogens (tertiary/aromatic N) is 4. The van der Waals surface area contributed by atoms with E-state index in [-0.39, 0.29) is 23.8 Å². The molecule has 0 atom stereocenters. The van der Waals surface area contributed by atoms with Crippen molar-refractivity contribution in [3.05, 3.63) is 64.6 Å². The van der Waals surface area contributed by atoms with E-state index in [2.05, 4.69) is 15.0 Å². The Kier molecular flexibility index (Phi) is 8.03. The first-order valence-electron chi connectivity index (χ1n) is 10.9. The number of halogens is 3. The molecule has 11 heteroatoms. The molecule has 1 aliphatic rings. The molecule has 0 radical (unpaired) electrons. The number of rotatable bonds is 6. The molecule has 35 heavy (non-hydrogen) atoms. The monoisotopic (exact) mass is 536 g/mol. The lowest BCUT2D eigenvalue weighted by atomic mass is 10.1. The van der Waals surface area contributed by atoms with E-state index in [4.69, 9.17) is 20.9 Å². The molecule has 4 aromatic rings. The van der Waals surface area contributed by atoms with Crippen molar-refractivity contribution in [2.45, 2.75) is 6.92 Å². The minimum Gasteiger partial charge on any atom is -0.379 e. The lowest BCUT2D eigenvalue weighted by Gasteiger charge is -2.29. The predicted octanol–water partition coefficient (Wildman–Crippen LogP) is 5.45. The topological polar surface area (TPSA) is 71.7 Å². The van der Waals surface area contributed by atoms with Crippen molar-refractivity contribution in [3.8, 4) is 11.3 Å². The fourth-order valence-corrected chi connectivity index (χ4v) is 5.19. The third-order valence-electron chi connectivity index (χ3n) is 5.78. The zero-order valence-electron chi connectivity index (χ0n) is 18.9. The van der Waals surface area contributed by atoms with Crippen LogP contribution in [0.15, 0.2) is 47.0 Å². The number of aryl methyl sites for hydroxylation is 1. The fraction of sp³-hybridized carbons (Fsp3) is 0.292. The second-order valence-corrected chi connectivity index (χ2v) is 9.35. The fourth-order valence-electron chi connectivity index (χ4n) is 3.96. The van der Waals surface area contributed by atoms with E-state index < -0.39 is 5.82 Å². The van der Waals surface area contributed by atoms with Gasteiger partial charge in [-0.05, 0) is 25.1 Å². The number of hydrogen-bond donors (Lipinski definition) is 0. The van der Waals surface area contributed by atoms with Gasteiger partial charge in [0.15, 0.2) is 5.13 Å². The van der Waals surface area contributed by atoms with E-state index >= 15 is 0 Å². The number of amides is 1. The highest BCUT2D eigenvalue weighted by Gasteiger charge is 2.30.